The van der Waals surface area contributed by atoms with Gasteiger partial charge in [-0.25, -0.2) is 9.45 Å². The first-order chi connectivity index (χ1) is 10.9. The van der Waals surface area contributed by atoms with E-state index in [2.05, 4.69) is 5.32 Å². The van der Waals surface area contributed by atoms with Gasteiger partial charge < -0.3 is 5.32 Å². The minimum atomic E-state index is -0.485. The van der Waals surface area contributed by atoms with Crippen molar-refractivity contribution < 1.29 is 18.8 Å². The van der Waals surface area contributed by atoms with Crippen LogP contribution in [0.15, 0.2) is 42.5 Å². The van der Waals surface area contributed by atoms with Crippen LogP contribution in [0, 0.1) is 5.82 Å². The van der Waals surface area contributed by atoms with Gasteiger partial charge in [0.1, 0.15) is 5.82 Å². The average Bonchev–Trinajstić information content (AvgIpc) is 2.54. The molecule has 0 radical (unpaired) electrons. The summed E-state index contributed by atoms with van der Waals surface area (Å²) in [4.78, 5) is 29.3. The summed E-state index contributed by atoms with van der Waals surface area (Å²) in [6, 6.07) is 9.53. The average molecular weight is 337 g/mol. The van der Waals surface area contributed by atoms with Crippen LogP contribution in [-0.2, 0) is 4.84 Å². The van der Waals surface area contributed by atoms with Gasteiger partial charge in [0.25, 0.3) is 11.8 Å². The topological polar surface area (TPSA) is 58.6 Å². The molecule has 0 saturated heterocycles. The Bertz CT molecular complexity index is 735. The van der Waals surface area contributed by atoms with Crippen molar-refractivity contribution >= 4 is 29.1 Å². The number of hydroxylamine groups is 2. The highest BCUT2D eigenvalue weighted by atomic mass is 35.5. The molecule has 23 heavy (non-hydrogen) atoms. The fraction of sp³-hybridized carbons (Fsp3) is 0.125. The van der Waals surface area contributed by atoms with Crippen molar-refractivity contribution in [3.8, 4) is 0 Å². The maximum Gasteiger partial charge on any atom is 0.279 e. The molecule has 0 spiro atoms. The van der Waals surface area contributed by atoms with Gasteiger partial charge in [0.15, 0.2) is 0 Å². The van der Waals surface area contributed by atoms with Crippen LogP contribution in [0.25, 0.3) is 0 Å². The Balaban J connectivity index is 2.31. The standard InChI is InChI=1S/C16H14ClFN2O3/c1-20(23-2)16(22)13-8-5-11(17)9-14(13)19-15(21)10-3-6-12(18)7-4-10/h3-9H,1-2H3,(H,19,21). The summed E-state index contributed by atoms with van der Waals surface area (Å²) < 4.78 is 12.9. The predicted molar refractivity (Wildman–Crippen MR) is 84.9 cm³/mol. The molecule has 0 saturated carbocycles. The van der Waals surface area contributed by atoms with Crippen LogP contribution in [-0.4, -0.2) is 31.0 Å². The van der Waals surface area contributed by atoms with Gasteiger partial charge in [0, 0.05) is 17.6 Å². The Hall–Kier alpha value is -2.44. The normalized spacial score (nSPS) is 10.3. The highest BCUT2D eigenvalue weighted by Crippen LogP contribution is 2.23. The SMILES string of the molecule is CON(C)C(=O)c1ccc(Cl)cc1NC(=O)c1ccc(F)cc1. The van der Waals surface area contributed by atoms with E-state index in [4.69, 9.17) is 16.4 Å². The number of carbonyl (C=O) groups is 2. The van der Waals surface area contributed by atoms with E-state index in [0.717, 1.165) is 5.06 Å². The lowest BCUT2D eigenvalue weighted by Gasteiger charge is -2.17. The van der Waals surface area contributed by atoms with Gasteiger partial charge in [0.2, 0.25) is 0 Å². The molecule has 1 N–H and O–H groups in total. The molecule has 0 aromatic heterocycles. The zero-order valence-electron chi connectivity index (χ0n) is 12.5. The first-order valence-corrected chi connectivity index (χ1v) is 6.99. The molecule has 5 nitrogen and oxygen atoms in total. The van der Waals surface area contributed by atoms with Gasteiger partial charge >= 0.3 is 0 Å². The van der Waals surface area contributed by atoms with Crippen LogP contribution in [0.5, 0.6) is 0 Å². The summed E-state index contributed by atoms with van der Waals surface area (Å²) in [5.74, 6) is -1.37. The number of hydrogen-bond donors (Lipinski definition) is 1. The molecule has 2 rings (SSSR count). The number of hydrogen-bond acceptors (Lipinski definition) is 3. The smallest absolute Gasteiger partial charge is 0.279 e. The molecule has 0 aliphatic carbocycles. The molecule has 0 bridgehead atoms. The molecule has 2 aromatic carbocycles. The van der Waals surface area contributed by atoms with Crippen molar-refractivity contribution in [2.75, 3.05) is 19.5 Å². The zero-order chi connectivity index (χ0) is 17.0. The fourth-order valence-corrected chi connectivity index (χ4v) is 2.03. The van der Waals surface area contributed by atoms with Gasteiger partial charge in [0.05, 0.1) is 18.4 Å². The van der Waals surface area contributed by atoms with Crippen molar-refractivity contribution in [2.45, 2.75) is 0 Å². The molecule has 0 aliphatic heterocycles. The Labute approximate surface area is 137 Å². The van der Waals surface area contributed by atoms with E-state index in [-0.39, 0.29) is 16.8 Å². The van der Waals surface area contributed by atoms with Crippen molar-refractivity contribution in [1.82, 2.24) is 5.06 Å². The molecule has 7 heteroatoms. The summed E-state index contributed by atoms with van der Waals surface area (Å²) in [5, 5.41) is 3.98. The Morgan fingerprint density at radius 3 is 2.43 bits per heavy atom. The lowest BCUT2D eigenvalue weighted by Crippen LogP contribution is -2.27. The molecule has 0 fully saturated rings. The molecule has 2 aromatic rings. The van der Waals surface area contributed by atoms with Gasteiger partial charge in [-0.2, -0.15) is 0 Å². The summed E-state index contributed by atoms with van der Waals surface area (Å²) >= 11 is 5.93. The third-order valence-electron chi connectivity index (χ3n) is 3.13. The highest BCUT2D eigenvalue weighted by Gasteiger charge is 2.18. The van der Waals surface area contributed by atoms with Crippen LogP contribution in [0.2, 0.25) is 5.02 Å². The van der Waals surface area contributed by atoms with Crippen LogP contribution in [0.3, 0.4) is 0 Å². The van der Waals surface area contributed by atoms with Crippen LogP contribution in [0.4, 0.5) is 10.1 Å². The van der Waals surface area contributed by atoms with E-state index in [0.29, 0.717) is 5.02 Å². The van der Waals surface area contributed by atoms with Crippen LogP contribution < -0.4 is 5.32 Å². The van der Waals surface area contributed by atoms with E-state index < -0.39 is 17.6 Å². The molecular weight excluding hydrogens is 323 g/mol. The molecule has 2 amide bonds. The Morgan fingerprint density at radius 1 is 1.17 bits per heavy atom. The van der Waals surface area contributed by atoms with Crippen molar-refractivity contribution in [3.05, 3.63) is 64.4 Å². The molecule has 0 aliphatic rings. The van der Waals surface area contributed by atoms with E-state index >= 15 is 0 Å². The predicted octanol–water partition coefficient (Wildman–Crippen LogP) is 3.36. The molecule has 0 unspecified atom stereocenters. The lowest BCUT2D eigenvalue weighted by molar-refractivity contribution is -0.0756. The minimum Gasteiger partial charge on any atom is -0.321 e. The fourth-order valence-electron chi connectivity index (χ4n) is 1.85. The maximum absolute atomic E-state index is 12.9. The van der Waals surface area contributed by atoms with Gasteiger partial charge in [-0.1, -0.05) is 11.6 Å². The van der Waals surface area contributed by atoms with Crippen LogP contribution in [0.1, 0.15) is 20.7 Å². The largest absolute Gasteiger partial charge is 0.321 e. The summed E-state index contributed by atoms with van der Waals surface area (Å²) in [6.07, 6.45) is 0. The van der Waals surface area contributed by atoms with Gasteiger partial charge in [-0.15, -0.1) is 0 Å². The first kappa shape index (κ1) is 16.9. The van der Waals surface area contributed by atoms with Gasteiger partial charge in [-0.05, 0) is 42.5 Å². The van der Waals surface area contributed by atoms with Crippen molar-refractivity contribution in [2.24, 2.45) is 0 Å². The number of anilines is 1. The highest BCUT2D eigenvalue weighted by molar-refractivity contribution is 6.31. The second-order valence-corrected chi connectivity index (χ2v) is 5.07. The second kappa shape index (κ2) is 7.21. The summed E-state index contributed by atoms with van der Waals surface area (Å²) in [5.41, 5.74) is 0.708. The number of rotatable bonds is 4. The number of nitrogens with zero attached hydrogens (tertiary/aromatic N) is 1. The molecule has 0 heterocycles. The zero-order valence-corrected chi connectivity index (χ0v) is 13.2. The number of nitrogens with one attached hydrogen (secondary N) is 1. The van der Waals surface area contributed by atoms with Crippen molar-refractivity contribution in [1.29, 1.82) is 0 Å². The Kier molecular flexibility index (Phi) is 5.31. The summed E-state index contributed by atoms with van der Waals surface area (Å²) in [7, 11) is 2.80. The molecule has 0 atom stereocenters. The first-order valence-electron chi connectivity index (χ1n) is 6.61. The van der Waals surface area contributed by atoms with Crippen molar-refractivity contribution in [3.63, 3.8) is 0 Å². The van der Waals surface area contributed by atoms with E-state index in [1.54, 1.807) is 0 Å². The maximum atomic E-state index is 12.9. The molecular formula is C16H14ClFN2O3. The minimum absolute atomic E-state index is 0.217. The lowest BCUT2D eigenvalue weighted by atomic mass is 10.1. The number of amides is 2. The second-order valence-electron chi connectivity index (χ2n) is 4.64. The number of benzene rings is 2. The third kappa shape index (κ3) is 4.06. The molecule has 120 valence electrons. The summed E-state index contributed by atoms with van der Waals surface area (Å²) in [6.45, 7) is 0. The van der Waals surface area contributed by atoms with E-state index in [9.17, 15) is 14.0 Å². The van der Waals surface area contributed by atoms with E-state index in [1.165, 1.54) is 56.6 Å². The van der Waals surface area contributed by atoms with E-state index in [1.807, 2.05) is 0 Å². The number of carbonyl (C=O) groups excluding carboxylic acids is 2. The van der Waals surface area contributed by atoms with Gasteiger partial charge in [-0.3, -0.25) is 14.4 Å². The Morgan fingerprint density at radius 2 is 1.83 bits per heavy atom. The number of halogens is 2. The quantitative estimate of drug-likeness (QED) is 0.871. The van der Waals surface area contributed by atoms with Crippen LogP contribution >= 0.6 is 11.6 Å². The third-order valence-corrected chi connectivity index (χ3v) is 3.36. The monoisotopic (exact) mass is 336 g/mol.